The zero-order valence-electron chi connectivity index (χ0n) is 9.11. The Balaban J connectivity index is 1.78. The molecule has 0 radical (unpaired) electrons. The van der Waals surface area contributed by atoms with Gasteiger partial charge in [-0.1, -0.05) is 0 Å². The van der Waals surface area contributed by atoms with Crippen molar-refractivity contribution in [3.05, 3.63) is 0 Å². The smallest absolute Gasteiger partial charge is 0.0619 e. The van der Waals surface area contributed by atoms with Crippen molar-refractivity contribution in [1.29, 1.82) is 0 Å². The Labute approximate surface area is 86.6 Å². The molecular weight excluding hydrogens is 176 g/mol. The van der Waals surface area contributed by atoms with E-state index in [-0.39, 0.29) is 0 Å². The normalized spacial score (nSPS) is 40.3. The first-order valence-electron chi connectivity index (χ1n) is 5.83. The lowest BCUT2D eigenvalue weighted by Crippen LogP contribution is -2.45. The fourth-order valence-corrected chi connectivity index (χ4v) is 2.64. The molecule has 0 aromatic carbocycles. The summed E-state index contributed by atoms with van der Waals surface area (Å²) in [6.45, 7) is 6.40. The SMILES string of the molecule is CC1COCCN1CC1CCC(N)C1. The van der Waals surface area contributed by atoms with Crippen molar-refractivity contribution in [2.24, 2.45) is 11.7 Å². The maximum absolute atomic E-state index is 5.92. The molecule has 2 fully saturated rings. The van der Waals surface area contributed by atoms with Gasteiger partial charge < -0.3 is 10.5 Å². The molecule has 3 nitrogen and oxygen atoms in total. The summed E-state index contributed by atoms with van der Waals surface area (Å²) in [4.78, 5) is 2.56. The highest BCUT2D eigenvalue weighted by Gasteiger charge is 2.26. The maximum Gasteiger partial charge on any atom is 0.0619 e. The van der Waals surface area contributed by atoms with Gasteiger partial charge in [-0.05, 0) is 32.1 Å². The third-order valence-electron chi connectivity index (χ3n) is 3.58. The van der Waals surface area contributed by atoms with E-state index in [4.69, 9.17) is 10.5 Å². The standard InChI is InChI=1S/C11H22N2O/c1-9-8-14-5-4-13(9)7-10-2-3-11(12)6-10/h9-11H,2-8,12H2,1H3. The molecule has 14 heavy (non-hydrogen) atoms. The second-order valence-corrected chi connectivity index (χ2v) is 4.86. The van der Waals surface area contributed by atoms with Crippen LogP contribution in [-0.2, 0) is 4.74 Å². The number of ether oxygens (including phenoxy) is 1. The summed E-state index contributed by atoms with van der Waals surface area (Å²) in [7, 11) is 0. The van der Waals surface area contributed by atoms with E-state index in [1.54, 1.807) is 0 Å². The van der Waals surface area contributed by atoms with E-state index in [1.807, 2.05) is 0 Å². The quantitative estimate of drug-likeness (QED) is 0.714. The summed E-state index contributed by atoms with van der Waals surface area (Å²) < 4.78 is 5.43. The van der Waals surface area contributed by atoms with E-state index in [2.05, 4.69) is 11.8 Å². The average molecular weight is 198 g/mol. The summed E-state index contributed by atoms with van der Waals surface area (Å²) in [5.74, 6) is 0.838. The fourth-order valence-electron chi connectivity index (χ4n) is 2.64. The van der Waals surface area contributed by atoms with E-state index >= 15 is 0 Å². The minimum Gasteiger partial charge on any atom is -0.379 e. The number of nitrogens with two attached hydrogens (primary N) is 1. The zero-order chi connectivity index (χ0) is 9.97. The van der Waals surface area contributed by atoms with Crippen molar-refractivity contribution in [2.45, 2.75) is 38.3 Å². The number of morpholine rings is 1. The Hall–Kier alpha value is -0.120. The van der Waals surface area contributed by atoms with Crippen LogP contribution in [0.1, 0.15) is 26.2 Å². The Bertz CT molecular complexity index is 186. The van der Waals surface area contributed by atoms with Crippen LogP contribution in [0.25, 0.3) is 0 Å². The molecule has 0 amide bonds. The molecule has 1 saturated heterocycles. The first-order valence-corrected chi connectivity index (χ1v) is 5.83. The van der Waals surface area contributed by atoms with Crippen molar-refractivity contribution in [1.82, 2.24) is 4.90 Å². The molecule has 0 aromatic heterocycles. The van der Waals surface area contributed by atoms with Crippen LogP contribution >= 0.6 is 0 Å². The molecule has 2 N–H and O–H groups in total. The van der Waals surface area contributed by atoms with Crippen molar-refractivity contribution >= 4 is 0 Å². The zero-order valence-corrected chi connectivity index (χ0v) is 9.11. The van der Waals surface area contributed by atoms with Crippen LogP contribution in [0.3, 0.4) is 0 Å². The molecule has 2 rings (SSSR count). The summed E-state index contributed by atoms with van der Waals surface area (Å²) in [5.41, 5.74) is 5.92. The highest BCUT2D eigenvalue weighted by Crippen LogP contribution is 2.25. The van der Waals surface area contributed by atoms with Crippen LogP contribution in [0.2, 0.25) is 0 Å². The largest absolute Gasteiger partial charge is 0.379 e. The fraction of sp³-hybridized carbons (Fsp3) is 1.00. The van der Waals surface area contributed by atoms with Crippen LogP contribution in [0.15, 0.2) is 0 Å². The van der Waals surface area contributed by atoms with Crippen molar-refractivity contribution in [2.75, 3.05) is 26.3 Å². The molecule has 1 saturated carbocycles. The Kier molecular flexibility index (Phi) is 3.42. The first-order chi connectivity index (χ1) is 6.75. The van der Waals surface area contributed by atoms with E-state index in [0.29, 0.717) is 12.1 Å². The highest BCUT2D eigenvalue weighted by atomic mass is 16.5. The highest BCUT2D eigenvalue weighted by molar-refractivity contribution is 4.82. The van der Waals surface area contributed by atoms with E-state index in [1.165, 1.54) is 25.8 Å². The minimum atomic E-state index is 0.469. The van der Waals surface area contributed by atoms with Crippen molar-refractivity contribution in [3.8, 4) is 0 Å². The van der Waals surface area contributed by atoms with Gasteiger partial charge in [-0.2, -0.15) is 0 Å². The third-order valence-corrected chi connectivity index (χ3v) is 3.58. The van der Waals surface area contributed by atoms with E-state index in [0.717, 1.165) is 25.7 Å². The topological polar surface area (TPSA) is 38.5 Å². The molecule has 1 heterocycles. The van der Waals surface area contributed by atoms with Crippen molar-refractivity contribution < 1.29 is 4.74 Å². The number of hydrogen-bond donors (Lipinski definition) is 1. The van der Waals surface area contributed by atoms with Crippen LogP contribution < -0.4 is 5.73 Å². The maximum atomic E-state index is 5.92. The Morgan fingerprint density at radius 3 is 2.93 bits per heavy atom. The number of hydrogen-bond acceptors (Lipinski definition) is 3. The number of rotatable bonds is 2. The number of nitrogens with zero attached hydrogens (tertiary/aromatic N) is 1. The second kappa shape index (κ2) is 4.60. The van der Waals surface area contributed by atoms with Gasteiger partial charge in [0.1, 0.15) is 0 Å². The Morgan fingerprint density at radius 1 is 1.43 bits per heavy atom. The summed E-state index contributed by atoms with van der Waals surface area (Å²) in [6, 6.07) is 1.07. The van der Waals surface area contributed by atoms with Gasteiger partial charge >= 0.3 is 0 Å². The molecule has 82 valence electrons. The van der Waals surface area contributed by atoms with Crippen LogP contribution in [0.4, 0.5) is 0 Å². The van der Waals surface area contributed by atoms with Gasteiger partial charge in [0.25, 0.3) is 0 Å². The van der Waals surface area contributed by atoms with Crippen LogP contribution in [0, 0.1) is 5.92 Å². The minimum absolute atomic E-state index is 0.469. The molecule has 1 aliphatic carbocycles. The average Bonchev–Trinajstić information content (AvgIpc) is 2.56. The van der Waals surface area contributed by atoms with E-state index in [9.17, 15) is 0 Å². The van der Waals surface area contributed by atoms with Gasteiger partial charge in [-0.15, -0.1) is 0 Å². The van der Waals surface area contributed by atoms with E-state index < -0.39 is 0 Å². The van der Waals surface area contributed by atoms with Gasteiger partial charge in [-0.3, -0.25) is 4.90 Å². The van der Waals surface area contributed by atoms with Gasteiger partial charge in [-0.25, -0.2) is 0 Å². The van der Waals surface area contributed by atoms with Gasteiger partial charge in [0.2, 0.25) is 0 Å². The van der Waals surface area contributed by atoms with Gasteiger partial charge in [0.05, 0.1) is 13.2 Å². The summed E-state index contributed by atoms with van der Waals surface area (Å²) in [6.07, 6.45) is 3.78. The van der Waals surface area contributed by atoms with Crippen LogP contribution in [0.5, 0.6) is 0 Å². The van der Waals surface area contributed by atoms with Crippen molar-refractivity contribution in [3.63, 3.8) is 0 Å². The monoisotopic (exact) mass is 198 g/mol. The molecular formula is C11H22N2O. The molecule has 0 spiro atoms. The predicted octanol–water partition coefficient (Wildman–Crippen LogP) is 0.835. The van der Waals surface area contributed by atoms with Gasteiger partial charge in [0, 0.05) is 25.2 Å². The third kappa shape index (κ3) is 2.47. The molecule has 2 aliphatic rings. The predicted molar refractivity (Wildman–Crippen MR) is 57.2 cm³/mol. The lowest BCUT2D eigenvalue weighted by molar-refractivity contribution is -0.00690. The second-order valence-electron chi connectivity index (χ2n) is 4.86. The van der Waals surface area contributed by atoms with Gasteiger partial charge in [0.15, 0.2) is 0 Å². The first kappa shape index (κ1) is 10.4. The Morgan fingerprint density at radius 2 is 2.29 bits per heavy atom. The molecule has 1 aliphatic heterocycles. The summed E-state index contributed by atoms with van der Waals surface area (Å²) in [5, 5.41) is 0. The molecule has 0 aromatic rings. The molecule has 3 atom stereocenters. The lowest BCUT2D eigenvalue weighted by atomic mass is 10.1. The summed E-state index contributed by atoms with van der Waals surface area (Å²) >= 11 is 0. The molecule has 3 unspecified atom stereocenters. The van der Waals surface area contributed by atoms with Crippen LogP contribution in [-0.4, -0.2) is 43.3 Å². The lowest BCUT2D eigenvalue weighted by Gasteiger charge is -2.35. The molecule has 0 bridgehead atoms. The molecule has 3 heteroatoms.